The number of carbonyl (C=O) groups is 1. The predicted octanol–water partition coefficient (Wildman–Crippen LogP) is 2.67. The lowest BCUT2D eigenvalue weighted by atomic mass is 9.94. The monoisotopic (exact) mass is 225 g/mol. The quantitative estimate of drug-likeness (QED) is 0.854. The molecule has 84 valence electrons. The third kappa shape index (κ3) is 1.51. The van der Waals surface area contributed by atoms with Gasteiger partial charge in [0.15, 0.2) is 0 Å². The van der Waals surface area contributed by atoms with E-state index in [9.17, 15) is 4.79 Å². The lowest BCUT2D eigenvalue weighted by molar-refractivity contribution is -0.137. The second kappa shape index (κ2) is 3.70. The first-order chi connectivity index (χ1) is 8.27. The molecule has 0 bridgehead atoms. The van der Waals surface area contributed by atoms with Gasteiger partial charge in [-0.1, -0.05) is 30.3 Å². The Kier molecular flexibility index (Phi) is 2.18. The van der Waals surface area contributed by atoms with Crippen molar-refractivity contribution in [3.8, 4) is 11.3 Å². The lowest BCUT2D eigenvalue weighted by Crippen LogP contribution is -2.04. The van der Waals surface area contributed by atoms with Crippen LogP contribution in [0.3, 0.4) is 0 Å². The van der Waals surface area contributed by atoms with E-state index in [1.165, 1.54) is 0 Å². The molecule has 1 aromatic heterocycles. The fourth-order valence-electron chi connectivity index (χ4n) is 2.50. The number of carboxylic acid groups (broad SMARTS) is 1. The molecule has 0 saturated heterocycles. The molecule has 1 aromatic carbocycles. The van der Waals surface area contributed by atoms with E-state index >= 15 is 0 Å². The Morgan fingerprint density at radius 1 is 1.18 bits per heavy atom. The van der Waals surface area contributed by atoms with Crippen molar-refractivity contribution in [2.75, 3.05) is 0 Å². The minimum absolute atomic E-state index is 0.0626. The topological polar surface area (TPSA) is 50.2 Å². The van der Waals surface area contributed by atoms with Gasteiger partial charge in [-0.3, -0.25) is 9.78 Å². The Morgan fingerprint density at radius 3 is 2.76 bits per heavy atom. The van der Waals surface area contributed by atoms with Crippen molar-refractivity contribution >= 4 is 5.97 Å². The van der Waals surface area contributed by atoms with Crippen LogP contribution in [0.5, 0.6) is 0 Å². The molecule has 3 nitrogen and oxygen atoms in total. The molecule has 1 aliphatic carbocycles. The molecule has 1 aliphatic rings. The summed E-state index contributed by atoms with van der Waals surface area (Å²) in [5.74, 6) is -0.839. The van der Waals surface area contributed by atoms with Crippen LogP contribution in [0, 0.1) is 0 Å². The minimum Gasteiger partial charge on any atom is -0.481 e. The number of pyridine rings is 1. The smallest absolute Gasteiger partial charge is 0.304 e. The highest BCUT2D eigenvalue weighted by atomic mass is 16.4. The molecule has 0 aliphatic heterocycles. The van der Waals surface area contributed by atoms with E-state index in [4.69, 9.17) is 5.11 Å². The molecule has 1 atom stereocenters. The predicted molar refractivity (Wildman–Crippen MR) is 63.8 cm³/mol. The summed E-state index contributed by atoms with van der Waals surface area (Å²) < 4.78 is 0. The molecule has 0 amide bonds. The summed E-state index contributed by atoms with van der Waals surface area (Å²) in [5, 5.41) is 9.00. The van der Waals surface area contributed by atoms with Crippen LogP contribution in [0.2, 0.25) is 0 Å². The zero-order chi connectivity index (χ0) is 11.8. The zero-order valence-corrected chi connectivity index (χ0v) is 9.13. The SMILES string of the molecule is O=C(O)CC1c2ccccc2-c2ncccc21. The van der Waals surface area contributed by atoms with Gasteiger partial charge < -0.3 is 5.11 Å². The first kappa shape index (κ1) is 10.0. The van der Waals surface area contributed by atoms with Crippen molar-refractivity contribution < 1.29 is 9.90 Å². The number of fused-ring (bicyclic) bond motifs is 3. The fraction of sp³-hybridized carbons (Fsp3) is 0.143. The van der Waals surface area contributed by atoms with E-state index in [0.717, 1.165) is 22.4 Å². The van der Waals surface area contributed by atoms with Gasteiger partial charge in [0.25, 0.3) is 0 Å². The van der Waals surface area contributed by atoms with Crippen LogP contribution in [0.1, 0.15) is 23.5 Å². The van der Waals surface area contributed by atoms with Gasteiger partial charge in [-0.15, -0.1) is 0 Å². The number of rotatable bonds is 2. The number of carboxylic acids is 1. The molecule has 3 rings (SSSR count). The molecule has 1 unspecified atom stereocenters. The van der Waals surface area contributed by atoms with E-state index < -0.39 is 5.97 Å². The number of aromatic nitrogens is 1. The van der Waals surface area contributed by atoms with Gasteiger partial charge in [-0.25, -0.2) is 0 Å². The van der Waals surface area contributed by atoms with Gasteiger partial charge in [-0.2, -0.15) is 0 Å². The van der Waals surface area contributed by atoms with Gasteiger partial charge in [0.1, 0.15) is 0 Å². The Bertz CT molecular complexity index is 547. The van der Waals surface area contributed by atoms with Crippen LogP contribution in [-0.4, -0.2) is 16.1 Å². The van der Waals surface area contributed by atoms with Crippen molar-refractivity contribution in [2.45, 2.75) is 12.3 Å². The van der Waals surface area contributed by atoms with Crippen molar-refractivity contribution in [1.29, 1.82) is 0 Å². The van der Waals surface area contributed by atoms with E-state index in [-0.39, 0.29) is 12.3 Å². The van der Waals surface area contributed by atoms with Crippen molar-refractivity contribution in [3.63, 3.8) is 0 Å². The average molecular weight is 225 g/mol. The molecule has 0 saturated carbocycles. The minimum atomic E-state index is -0.776. The van der Waals surface area contributed by atoms with Gasteiger partial charge in [0.05, 0.1) is 12.1 Å². The highest BCUT2D eigenvalue weighted by molar-refractivity contribution is 5.79. The van der Waals surface area contributed by atoms with E-state index in [1.54, 1.807) is 6.20 Å². The molecule has 1 N–H and O–H groups in total. The maximum atomic E-state index is 11.0. The Morgan fingerprint density at radius 2 is 1.94 bits per heavy atom. The van der Waals surface area contributed by atoms with Crippen LogP contribution in [0.25, 0.3) is 11.3 Å². The first-order valence-corrected chi connectivity index (χ1v) is 5.53. The summed E-state index contributed by atoms with van der Waals surface area (Å²) in [6.07, 6.45) is 1.87. The molecule has 2 aromatic rings. The summed E-state index contributed by atoms with van der Waals surface area (Å²) in [6.45, 7) is 0. The fourth-order valence-corrected chi connectivity index (χ4v) is 2.50. The highest BCUT2D eigenvalue weighted by Gasteiger charge is 2.30. The van der Waals surface area contributed by atoms with Crippen molar-refractivity contribution in [3.05, 3.63) is 53.7 Å². The van der Waals surface area contributed by atoms with Crippen LogP contribution in [0.15, 0.2) is 42.6 Å². The lowest BCUT2D eigenvalue weighted by Gasteiger charge is -2.09. The number of aliphatic carboxylic acids is 1. The number of nitrogens with zero attached hydrogens (tertiary/aromatic N) is 1. The molecule has 17 heavy (non-hydrogen) atoms. The second-order valence-electron chi connectivity index (χ2n) is 4.18. The van der Waals surface area contributed by atoms with Crippen molar-refractivity contribution in [2.24, 2.45) is 0 Å². The van der Waals surface area contributed by atoms with Gasteiger partial charge in [0, 0.05) is 17.7 Å². The standard InChI is InChI=1S/C14H11NO2/c16-13(17)8-12-9-4-1-2-5-10(9)14-11(12)6-3-7-15-14/h1-7,12H,8H2,(H,16,17). The first-order valence-electron chi connectivity index (χ1n) is 5.53. The maximum absolute atomic E-state index is 11.0. The van der Waals surface area contributed by atoms with Gasteiger partial charge in [0.2, 0.25) is 0 Å². The van der Waals surface area contributed by atoms with E-state index in [2.05, 4.69) is 4.98 Å². The summed E-state index contributed by atoms with van der Waals surface area (Å²) in [6, 6.07) is 11.7. The summed E-state index contributed by atoms with van der Waals surface area (Å²) in [4.78, 5) is 15.3. The van der Waals surface area contributed by atoms with Gasteiger partial charge in [-0.05, 0) is 17.2 Å². The van der Waals surface area contributed by atoms with Gasteiger partial charge >= 0.3 is 5.97 Å². The molecule has 1 heterocycles. The third-order valence-corrected chi connectivity index (χ3v) is 3.18. The van der Waals surface area contributed by atoms with Crippen LogP contribution >= 0.6 is 0 Å². The summed E-state index contributed by atoms with van der Waals surface area (Å²) >= 11 is 0. The number of benzene rings is 1. The molecule has 0 fully saturated rings. The summed E-state index contributed by atoms with van der Waals surface area (Å²) in [7, 11) is 0. The molecule has 0 radical (unpaired) electrons. The Balaban J connectivity index is 2.20. The Labute approximate surface area is 98.8 Å². The molecular weight excluding hydrogens is 214 g/mol. The van der Waals surface area contributed by atoms with E-state index in [1.807, 2.05) is 36.4 Å². The molecule has 0 spiro atoms. The largest absolute Gasteiger partial charge is 0.481 e. The second-order valence-corrected chi connectivity index (χ2v) is 4.18. The number of hydrogen-bond donors (Lipinski definition) is 1. The normalized spacial score (nSPS) is 16.4. The average Bonchev–Trinajstić information content (AvgIpc) is 2.65. The highest BCUT2D eigenvalue weighted by Crippen LogP contribution is 2.44. The molecule has 3 heteroatoms. The zero-order valence-electron chi connectivity index (χ0n) is 9.13. The van der Waals surface area contributed by atoms with Crippen molar-refractivity contribution in [1.82, 2.24) is 4.98 Å². The van der Waals surface area contributed by atoms with Crippen LogP contribution < -0.4 is 0 Å². The van der Waals surface area contributed by atoms with E-state index in [0.29, 0.717) is 0 Å². The number of hydrogen-bond acceptors (Lipinski definition) is 2. The molecular formula is C14H11NO2. The Hall–Kier alpha value is -2.16. The maximum Gasteiger partial charge on any atom is 0.304 e. The summed E-state index contributed by atoms with van der Waals surface area (Å²) in [5.41, 5.74) is 4.09. The van der Waals surface area contributed by atoms with Crippen LogP contribution in [-0.2, 0) is 4.79 Å². The van der Waals surface area contributed by atoms with Crippen LogP contribution in [0.4, 0.5) is 0 Å². The third-order valence-electron chi connectivity index (χ3n) is 3.18.